The van der Waals surface area contributed by atoms with E-state index < -0.39 is 17.1 Å². The Morgan fingerprint density at radius 1 is 0.917 bits per heavy atom. The number of thioether (sulfide) groups is 1. The van der Waals surface area contributed by atoms with Crippen LogP contribution in [0, 0.1) is 0 Å². The van der Waals surface area contributed by atoms with Crippen LogP contribution in [-0.2, 0) is 14.4 Å². The Labute approximate surface area is 279 Å². The van der Waals surface area contributed by atoms with Gasteiger partial charge in [0.1, 0.15) is 5.70 Å². The van der Waals surface area contributed by atoms with E-state index in [2.05, 4.69) is 10.6 Å². The van der Waals surface area contributed by atoms with E-state index in [9.17, 15) is 24.0 Å². The summed E-state index contributed by atoms with van der Waals surface area (Å²) in [6.07, 6.45) is 1.49. The minimum atomic E-state index is -0.683. The number of hydrogen-bond donors (Lipinski definition) is 2. The van der Waals surface area contributed by atoms with Crippen LogP contribution in [0.5, 0.6) is 17.2 Å². The second kappa shape index (κ2) is 13.9. The second-order valence-corrected chi connectivity index (χ2v) is 12.1. The van der Waals surface area contributed by atoms with Gasteiger partial charge in [0, 0.05) is 28.1 Å². The zero-order chi connectivity index (χ0) is 33.8. The number of ketones is 1. The highest BCUT2D eigenvalue weighted by atomic mass is 32.2. The molecule has 2 heterocycles. The summed E-state index contributed by atoms with van der Waals surface area (Å²) < 4.78 is 16.4. The molecule has 1 fully saturated rings. The standard InChI is InChI=1S/C36H29N3O8S/c1-21(40)23-11-13-26(14-12-23)39-32(41)19-31(36(39)44)48-27-10-6-9-25(18-27)37-35(43)28(38-34(42)24-7-4-3-5-8-24)15-22-16-29(45-2)33-30(17-22)46-20-47-33/h3-18,31H,19-20H2,1-2H3,(H,37,43)(H,38,42)/b28-15-. The van der Waals surface area contributed by atoms with Crippen LogP contribution < -0.4 is 29.7 Å². The molecule has 1 atom stereocenters. The number of imide groups is 1. The predicted octanol–water partition coefficient (Wildman–Crippen LogP) is 5.46. The number of anilines is 2. The van der Waals surface area contributed by atoms with Crippen LogP contribution in [0.1, 0.15) is 39.6 Å². The maximum Gasteiger partial charge on any atom is 0.272 e. The zero-order valence-corrected chi connectivity index (χ0v) is 26.7. The number of rotatable bonds is 10. The Bertz CT molecular complexity index is 1960. The molecule has 0 radical (unpaired) electrons. The third-order valence-electron chi connectivity index (χ3n) is 7.53. The van der Waals surface area contributed by atoms with Crippen molar-refractivity contribution < 1.29 is 38.2 Å². The number of amides is 4. The number of nitrogens with one attached hydrogen (secondary N) is 2. The molecule has 6 rings (SSSR count). The minimum Gasteiger partial charge on any atom is -0.493 e. The Morgan fingerprint density at radius 3 is 2.42 bits per heavy atom. The van der Waals surface area contributed by atoms with Crippen molar-refractivity contribution in [3.8, 4) is 17.2 Å². The molecule has 0 aliphatic carbocycles. The number of nitrogens with zero attached hydrogens (tertiary/aromatic N) is 1. The van der Waals surface area contributed by atoms with Crippen molar-refractivity contribution in [1.82, 2.24) is 5.32 Å². The molecule has 0 saturated carbocycles. The average molecular weight is 664 g/mol. The zero-order valence-electron chi connectivity index (χ0n) is 25.9. The van der Waals surface area contributed by atoms with Crippen LogP contribution in [0.4, 0.5) is 11.4 Å². The topological polar surface area (TPSA) is 140 Å². The van der Waals surface area contributed by atoms with Gasteiger partial charge in [0.05, 0.1) is 18.0 Å². The number of carbonyl (C=O) groups excluding carboxylic acids is 5. The largest absolute Gasteiger partial charge is 0.493 e. The van der Waals surface area contributed by atoms with Gasteiger partial charge in [-0.15, -0.1) is 11.8 Å². The fourth-order valence-electron chi connectivity index (χ4n) is 5.16. The molecule has 2 N–H and O–H groups in total. The molecule has 12 heteroatoms. The molecule has 242 valence electrons. The molecule has 2 aliphatic rings. The summed E-state index contributed by atoms with van der Waals surface area (Å²) in [5.41, 5.74) is 2.11. The third kappa shape index (κ3) is 6.93. The first-order chi connectivity index (χ1) is 23.2. The SMILES string of the molecule is COc1cc(/C=C(\NC(=O)c2ccccc2)C(=O)Nc2cccc(SC3CC(=O)N(c4ccc(C(C)=O)cc4)C3=O)c2)cc2c1OCO2. The first-order valence-electron chi connectivity index (χ1n) is 14.8. The summed E-state index contributed by atoms with van der Waals surface area (Å²) in [6, 6.07) is 25.0. The van der Waals surface area contributed by atoms with Gasteiger partial charge in [-0.05, 0) is 85.3 Å². The first kappa shape index (κ1) is 32.1. The van der Waals surface area contributed by atoms with Gasteiger partial charge in [0.2, 0.25) is 24.4 Å². The Kier molecular flexibility index (Phi) is 9.26. The van der Waals surface area contributed by atoms with E-state index in [0.29, 0.717) is 50.2 Å². The summed E-state index contributed by atoms with van der Waals surface area (Å²) in [6.45, 7) is 1.47. The molecule has 11 nitrogen and oxygen atoms in total. The lowest BCUT2D eigenvalue weighted by Crippen LogP contribution is -2.31. The van der Waals surface area contributed by atoms with Crippen LogP contribution in [-0.4, -0.2) is 48.6 Å². The second-order valence-electron chi connectivity index (χ2n) is 10.8. The van der Waals surface area contributed by atoms with Crippen LogP contribution in [0.25, 0.3) is 6.08 Å². The predicted molar refractivity (Wildman–Crippen MR) is 179 cm³/mol. The van der Waals surface area contributed by atoms with Gasteiger partial charge in [0.25, 0.3) is 11.8 Å². The first-order valence-corrected chi connectivity index (χ1v) is 15.7. The normalized spacial score (nSPS) is 15.3. The maximum absolute atomic E-state index is 13.7. The van der Waals surface area contributed by atoms with Crippen LogP contribution in [0.15, 0.2) is 102 Å². The number of carbonyl (C=O) groups is 5. The minimum absolute atomic E-state index is 0.00799. The molecular formula is C36H29N3O8S. The van der Waals surface area contributed by atoms with Gasteiger partial charge in [-0.3, -0.25) is 24.0 Å². The third-order valence-corrected chi connectivity index (χ3v) is 8.71. The summed E-state index contributed by atoms with van der Waals surface area (Å²) in [7, 11) is 1.49. The molecule has 48 heavy (non-hydrogen) atoms. The van der Waals surface area contributed by atoms with E-state index in [4.69, 9.17) is 14.2 Å². The van der Waals surface area contributed by atoms with Gasteiger partial charge in [-0.1, -0.05) is 24.3 Å². The molecule has 0 bridgehead atoms. The van der Waals surface area contributed by atoms with E-state index >= 15 is 0 Å². The Balaban J connectivity index is 1.21. The molecule has 4 aromatic rings. The monoisotopic (exact) mass is 663 g/mol. The van der Waals surface area contributed by atoms with Gasteiger partial charge < -0.3 is 24.8 Å². The highest BCUT2D eigenvalue weighted by Crippen LogP contribution is 2.42. The quantitative estimate of drug-likeness (QED) is 0.129. The van der Waals surface area contributed by atoms with Crippen molar-refractivity contribution in [3.05, 3.63) is 113 Å². The van der Waals surface area contributed by atoms with Crippen molar-refractivity contribution in [2.75, 3.05) is 24.1 Å². The fourth-order valence-corrected chi connectivity index (χ4v) is 6.28. The lowest BCUT2D eigenvalue weighted by atomic mass is 10.1. The van der Waals surface area contributed by atoms with Crippen molar-refractivity contribution in [2.24, 2.45) is 0 Å². The molecule has 2 aliphatic heterocycles. The fraction of sp³-hybridized carbons (Fsp3) is 0.139. The molecule has 0 spiro atoms. The summed E-state index contributed by atoms with van der Waals surface area (Å²) in [4.78, 5) is 66.3. The highest BCUT2D eigenvalue weighted by molar-refractivity contribution is 8.00. The van der Waals surface area contributed by atoms with Crippen molar-refractivity contribution in [2.45, 2.75) is 23.5 Å². The highest BCUT2D eigenvalue weighted by Gasteiger charge is 2.40. The van der Waals surface area contributed by atoms with Crippen LogP contribution in [0.3, 0.4) is 0 Å². The molecule has 4 amide bonds. The van der Waals surface area contributed by atoms with E-state index in [-0.39, 0.29) is 36.5 Å². The van der Waals surface area contributed by atoms with E-state index in [1.54, 1.807) is 91.0 Å². The average Bonchev–Trinajstić information content (AvgIpc) is 3.67. The van der Waals surface area contributed by atoms with E-state index in [1.807, 2.05) is 0 Å². The summed E-state index contributed by atoms with van der Waals surface area (Å²) >= 11 is 1.20. The van der Waals surface area contributed by atoms with Crippen molar-refractivity contribution in [1.29, 1.82) is 0 Å². The van der Waals surface area contributed by atoms with E-state index in [0.717, 1.165) is 4.90 Å². The van der Waals surface area contributed by atoms with Crippen LogP contribution in [0.2, 0.25) is 0 Å². The number of benzene rings is 4. The maximum atomic E-state index is 13.7. The van der Waals surface area contributed by atoms with Crippen molar-refractivity contribution in [3.63, 3.8) is 0 Å². The van der Waals surface area contributed by atoms with Crippen LogP contribution >= 0.6 is 11.8 Å². The number of ether oxygens (including phenoxy) is 3. The molecule has 1 unspecified atom stereocenters. The molecular weight excluding hydrogens is 634 g/mol. The van der Waals surface area contributed by atoms with Gasteiger partial charge in [-0.25, -0.2) is 4.90 Å². The Hall–Kier alpha value is -5.88. The number of methoxy groups -OCH3 is 1. The van der Waals surface area contributed by atoms with Gasteiger partial charge >= 0.3 is 0 Å². The smallest absolute Gasteiger partial charge is 0.272 e. The summed E-state index contributed by atoms with van der Waals surface area (Å²) in [5.74, 6) is -0.642. The van der Waals surface area contributed by atoms with E-state index in [1.165, 1.54) is 31.9 Å². The number of hydrogen-bond acceptors (Lipinski definition) is 9. The lowest BCUT2D eigenvalue weighted by Gasteiger charge is -2.15. The number of Topliss-reactive ketones (excluding diaryl/α,β-unsaturated/α-hetero) is 1. The lowest BCUT2D eigenvalue weighted by molar-refractivity contribution is -0.121. The summed E-state index contributed by atoms with van der Waals surface area (Å²) in [5, 5.41) is 4.85. The van der Waals surface area contributed by atoms with Crippen molar-refractivity contribution >= 4 is 58.6 Å². The Morgan fingerprint density at radius 2 is 1.69 bits per heavy atom. The molecule has 4 aromatic carbocycles. The molecule has 1 saturated heterocycles. The van der Waals surface area contributed by atoms with Gasteiger partial charge in [0.15, 0.2) is 17.3 Å². The molecule has 0 aromatic heterocycles. The number of fused-ring (bicyclic) bond motifs is 1. The van der Waals surface area contributed by atoms with Gasteiger partial charge in [-0.2, -0.15) is 0 Å².